The van der Waals surface area contributed by atoms with E-state index in [2.05, 4.69) is 97.1 Å². The molecule has 0 spiro atoms. The summed E-state index contributed by atoms with van der Waals surface area (Å²) in [4.78, 5) is 19.5. The van der Waals surface area contributed by atoms with E-state index in [-0.39, 0.29) is 0 Å². The Balaban J connectivity index is 1.07. The summed E-state index contributed by atoms with van der Waals surface area (Å²) in [6.07, 6.45) is 0. The first-order valence-electron chi connectivity index (χ1n) is 16.2. The fourth-order valence-corrected chi connectivity index (χ4v) is 6.17. The van der Waals surface area contributed by atoms with Crippen LogP contribution < -0.4 is 0 Å². The predicted octanol–water partition coefficient (Wildman–Crippen LogP) is 11.2. The van der Waals surface area contributed by atoms with Gasteiger partial charge in [0.2, 0.25) is 5.89 Å². The summed E-state index contributed by atoms with van der Waals surface area (Å²) in [5, 5.41) is 2.22. The Morgan fingerprint density at radius 2 is 0.735 bits per heavy atom. The van der Waals surface area contributed by atoms with Gasteiger partial charge in [-0.2, -0.15) is 0 Å². The van der Waals surface area contributed by atoms with Crippen LogP contribution in [0.25, 0.3) is 89.7 Å². The van der Waals surface area contributed by atoms with Crippen molar-refractivity contribution in [2.24, 2.45) is 0 Å². The van der Waals surface area contributed by atoms with E-state index in [9.17, 15) is 0 Å². The lowest BCUT2D eigenvalue weighted by molar-refractivity contribution is 0.620. The molecule has 0 N–H and O–H groups in total. The van der Waals surface area contributed by atoms with Gasteiger partial charge in [0.15, 0.2) is 23.1 Å². The van der Waals surface area contributed by atoms with Crippen molar-refractivity contribution < 1.29 is 4.42 Å². The highest BCUT2D eigenvalue weighted by molar-refractivity contribution is 5.92. The van der Waals surface area contributed by atoms with Crippen LogP contribution in [0.3, 0.4) is 0 Å². The molecule has 0 bridgehead atoms. The molecule has 0 atom stereocenters. The third kappa shape index (κ3) is 5.64. The van der Waals surface area contributed by atoms with Gasteiger partial charge < -0.3 is 4.42 Å². The van der Waals surface area contributed by atoms with Gasteiger partial charge in [-0.3, -0.25) is 0 Å². The maximum Gasteiger partial charge on any atom is 0.227 e. The molecule has 230 valence electrons. The highest BCUT2D eigenvalue weighted by Gasteiger charge is 2.14. The van der Waals surface area contributed by atoms with Gasteiger partial charge in [0.1, 0.15) is 5.52 Å². The van der Waals surface area contributed by atoms with Gasteiger partial charge in [-0.25, -0.2) is 19.9 Å². The minimum Gasteiger partial charge on any atom is -0.436 e. The number of fused-ring (bicyclic) bond motifs is 2. The Morgan fingerprint density at radius 1 is 0.306 bits per heavy atom. The number of rotatable bonds is 6. The zero-order chi connectivity index (χ0) is 32.6. The Labute approximate surface area is 283 Å². The van der Waals surface area contributed by atoms with Gasteiger partial charge in [-0.15, -0.1) is 0 Å². The van der Waals surface area contributed by atoms with E-state index in [1.165, 1.54) is 5.56 Å². The lowest BCUT2D eigenvalue weighted by atomic mass is 9.99. The molecule has 0 unspecified atom stereocenters. The number of oxazole rings is 1. The molecular weight excluding hydrogens is 601 g/mol. The predicted molar refractivity (Wildman–Crippen MR) is 198 cm³/mol. The summed E-state index contributed by atoms with van der Waals surface area (Å²) in [6.45, 7) is 0. The van der Waals surface area contributed by atoms with Crippen LogP contribution in [-0.4, -0.2) is 19.9 Å². The number of hydrogen-bond donors (Lipinski definition) is 0. The molecule has 2 heterocycles. The molecule has 0 aliphatic rings. The average Bonchev–Trinajstić information content (AvgIpc) is 3.62. The van der Waals surface area contributed by atoms with Crippen LogP contribution in [0.5, 0.6) is 0 Å². The highest BCUT2D eigenvalue weighted by atomic mass is 16.3. The molecule has 5 heteroatoms. The first kappa shape index (κ1) is 28.5. The summed E-state index contributed by atoms with van der Waals surface area (Å²) in [5.41, 5.74) is 9.87. The topological polar surface area (TPSA) is 64.7 Å². The van der Waals surface area contributed by atoms with Crippen LogP contribution in [0.15, 0.2) is 174 Å². The number of nitrogens with zero attached hydrogens (tertiary/aromatic N) is 4. The second-order valence-corrected chi connectivity index (χ2v) is 12.0. The SMILES string of the molecule is c1ccc(-c2ccc(-c3nc(-c4ccccc4)nc(-c4ccc5cc(-c6ccc7nc(-c8ccccc8)oc7c6)ccc5c4)n3)cc2)cc1. The Kier molecular flexibility index (Phi) is 7.06. The van der Waals surface area contributed by atoms with E-state index in [0.29, 0.717) is 23.4 Å². The normalized spacial score (nSPS) is 11.3. The lowest BCUT2D eigenvalue weighted by Crippen LogP contribution is -2.00. The van der Waals surface area contributed by atoms with E-state index in [1.807, 2.05) is 72.8 Å². The highest BCUT2D eigenvalue weighted by Crippen LogP contribution is 2.32. The molecule has 0 aliphatic carbocycles. The first-order valence-corrected chi connectivity index (χ1v) is 16.2. The maximum atomic E-state index is 6.15. The van der Waals surface area contributed by atoms with Crippen LogP contribution >= 0.6 is 0 Å². The van der Waals surface area contributed by atoms with Gasteiger partial charge in [-0.1, -0.05) is 133 Å². The standard InChI is InChI=1S/C44H28N4O/c1-4-10-29(11-5-1)30-16-18-32(19-17-30)42-46-41(31-12-6-2-7-13-31)47-43(48-42)38-23-22-34-26-35(20-21-36(34)27-38)37-24-25-39-40(28-37)49-44(45-39)33-14-8-3-9-15-33/h1-28H. The van der Waals surface area contributed by atoms with E-state index in [0.717, 1.165) is 60.8 Å². The molecule has 9 aromatic rings. The van der Waals surface area contributed by atoms with Crippen molar-refractivity contribution in [2.75, 3.05) is 0 Å². The number of hydrogen-bond acceptors (Lipinski definition) is 5. The second kappa shape index (κ2) is 12.1. The van der Waals surface area contributed by atoms with E-state index >= 15 is 0 Å². The quantitative estimate of drug-likeness (QED) is 0.183. The van der Waals surface area contributed by atoms with Gasteiger partial charge in [-0.05, 0) is 69.4 Å². The van der Waals surface area contributed by atoms with Crippen molar-refractivity contribution in [3.8, 4) is 67.9 Å². The summed E-state index contributed by atoms with van der Waals surface area (Å²) < 4.78 is 6.15. The molecule has 0 saturated heterocycles. The first-order chi connectivity index (χ1) is 24.2. The van der Waals surface area contributed by atoms with Crippen molar-refractivity contribution in [2.45, 2.75) is 0 Å². The summed E-state index contributed by atoms with van der Waals surface area (Å²) in [5.74, 6) is 2.53. The zero-order valence-electron chi connectivity index (χ0n) is 26.4. The number of benzene rings is 7. The lowest BCUT2D eigenvalue weighted by Gasteiger charge is -2.10. The van der Waals surface area contributed by atoms with Gasteiger partial charge >= 0.3 is 0 Å². The van der Waals surface area contributed by atoms with Crippen molar-refractivity contribution in [3.05, 3.63) is 170 Å². The van der Waals surface area contributed by atoms with Crippen molar-refractivity contribution >= 4 is 21.9 Å². The van der Waals surface area contributed by atoms with Crippen LogP contribution in [-0.2, 0) is 0 Å². The molecular formula is C44H28N4O. The third-order valence-electron chi connectivity index (χ3n) is 8.76. The van der Waals surface area contributed by atoms with Gasteiger partial charge in [0, 0.05) is 22.3 Å². The van der Waals surface area contributed by atoms with Crippen LogP contribution in [0.2, 0.25) is 0 Å². The Bertz CT molecular complexity index is 2580. The monoisotopic (exact) mass is 628 g/mol. The smallest absolute Gasteiger partial charge is 0.227 e. The molecule has 2 aromatic heterocycles. The van der Waals surface area contributed by atoms with Crippen molar-refractivity contribution in [1.82, 2.24) is 19.9 Å². The van der Waals surface area contributed by atoms with Crippen LogP contribution in [0.4, 0.5) is 0 Å². The van der Waals surface area contributed by atoms with E-state index in [1.54, 1.807) is 0 Å². The Hall–Kier alpha value is -6.72. The minimum absolute atomic E-state index is 0.625. The summed E-state index contributed by atoms with van der Waals surface area (Å²) >= 11 is 0. The fourth-order valence-electron chi connectivity index (χ4n) is 6.17. The molecule has 0 saturated carbocycles. The largest absolute Gasteiger partial charge is 0.436 e. The van der Waals surface area contributed by atoms with Crippen molar-refractivity contribution in [1.29, 1.82) is 0 Å². The van der Waals surface area contributed by atoms with Crippen LogP contribution in [0, 0.1) is 0 Å². The Morgan fingerprint density at radius 3 is 1.39 bits per heavy atom. The molecule has 0 radical (unpaired) electrons. The van der Waals surface area contributed by atoms with Crippen molar-refractivity contribution in [3.63, 3.8) is 0 Å². The van der Waals surface area contributed by atoms with E-state index < -0.39 is 0 Å². The molecule has 0 aliphatic heterocycles. The zero-order valence-corrected chi connectivity index (χ0v) is 26.4. The molecule has 49 heavy (non-hydrogen) atoms. The summed E-state index contributed by atoms with van der Waals surface area (Å²) in [7, 11) is 0. The average molecular weight is 629 g/mol. The minimum atomic E-state index is 0.625. The number of aromatic nitrogens is 4. The van der Waals surface area contributed by atoms with Gasteiger partial charge in [0.25, 0.3) is 0 Å². The third-order valence-corrected chi connectivity index (χ3v) is 8.76. The van der Waals surface area contributed by atoms with Crippen LogP contribution in [0.1, 0.15) is 0 Å². The molecule has 9 rings (SSSR count). The molecule has 0 fully saturated rings. The molecule has 5 nitrogen and oxygen atoms in total. The second-order valence-electron chi connectivity index (χ2n) is 12.0. The van der Waals surface area contributed by atoms with Gasteiger partial charge in [0.05, 0.1) is 0 Å². The summed E-state index contributed by atoms with van der Waals surface area (Å²) in [6, 6.07) is 57.8. The van der Waals surface area contributed by atoms with E-state index in [4.69, 9.17) is 24.4 Å². The fraction of sp³-hybridized carbons (Fsp3) is 0. The molecule has 7 aromatic carbocycles. The molecule has 0 amide bonds. The maximum absolute atomic E-state index is 6.15.